The van der Waals surface area contributed by atoms with Gasteiger partial charge in [0.2, 0.25) is 0 Å². The summed E-state index contributed by atoms with van der Waals surface area (Å²) in [6.07, 6.45) is 1.11. The molecule has 106 valence electrons. The smallest absolute Gasteiger partial charge is 0.255 e. The van der Waals surface area contributed by atoms with Gasteiger partial charge in [-0.15, -0.1) is 0 Å². The van der Waals surface area contributed by atoms with Gasteiger partial charge in [-0.05, 0) is 12.1 Å². The molecule has 0 atom stereocenters. The molecule has 0 unspecified atom stereocenters. The van der Waals surface area contributed by atoms with Gasteiger partial charge in [0.1, 0.15) is 9.84 Å². The number of halogens is 2. The van der Waals surface area contributed by atoms with E-state index in [-0.39, 0.29) is 27.9 Å². The van der Waals surface area contributed by atoms with E-state index in [1.54, 1.807) is 0 Å². The van der Waals surface area contributed by atoms with Crippen molar-refractivity contribution < 1.29 is 13.2 Å². The first-order chi connectivity index (χ1) is 8.61. The lowest BCUT2D eigenvalue weighted by Crippen LogP contribution is -2.31. The highest BCUT2D eigenvalue weighted by atomic mass is 35.5. The average molecular weight is 325 g/mol. The van der Waals surface area contributed by atoms with E-state index in [0.29, 0.717) is 5.69 Å². The summed E-state index contributed by atoms with van der Waals surface area (Å²) < 4.78 is 22.1. The van der Waals surface area contributed by atoms with Crippen molar-refractivity contribution in [3.8, 4) is 0 Å². The quantitative estimate of drug-likeness (QED) is 0.854. The number of rotatable bonds is 4. The van der Waals surface area contributed by atoms with Crippen LogP contribution in [-0.2, 0) is 9.84 Å². The van der Waals surface area contributed by atoms with Crippen LogP contribution in [0.5, 0.6) is 0 Å². The zero-order valence-corrected chi connectivity index (χ0v) is 12.8. The number of nitrogens with zero attached hydrogens (tertiary/aromatic N) is 1. The molecule has 19 heavy (non-hydrogen) atoms. The number of sulfone groups is 1. The van der Waals surface area contributed by atoms with Crippen LogP contribution in [0.15, 0.2) is 12.1 Å². The van der Waals surface area contributed by atoms with Gasteiger partial charge in [0.25, 0.3) is 5.91 Å². The number of hydrogen-bond acceptors (Lipinski definition) is 4. The first-order valence-electron chi connectivity index (χ1n) is 5.29. The zero-order chi connectivity index (χ0) is 14.8. The van der Waals surface area contributed by atoms with Crippen LogP contribution in [0.4, 0.5) is 5.69 Å². The van der Waals surface area contributed by atoms with Crippen LogP contribution in [-0.4, -0.2) is 44.8 Å². The van der Waals surface area contributed by atoms with Crippen molar-refractivity contribution in [3.63, 3.8) is 0 Å². The van der Waals surface area contributed by atoms with E-state index in [0.717, 1.165) is 6.26 Å². The third kappa shape index (κ3) is 4.56. The Morgan fingerprint density at radius 3 is 2.47 bits per heavy atom. The summed E-state index contributed by atoms with van der Waals surface area (Å²) in [6, 6.07) is 2.85. The molecule has 1 aromatic carbocycles. The summed E-state index contributed by atoms with van der Waals surface area (Å²) >= 11 is 11.8. The van der Waals surface area contributed by atoms with E-state index in [9.17, 15) is 13.2 Å². The Hall–Kier alpha value is -0.980. The van der Waals surface area contributed by atoms with E-state index in [1.165, 1.54) is 24.1 Å². The highest BCUT2D eigenvalue weighted by molar-refractivity contribution is 7.90. The molecule has 5 nitrogen and oxygen atoms in total. The lowest BCUT2D eigenvalue weighted by atomic mass is 10.1. The summed E-state index contributed by atoms with van der Waals surface area (Å²) in [7, 11) is -1.65. The Kier molecular flexibility index (Phi) is 5.06. The van der Waals surface area contributed by atoms with Crippen molar-refractivity contribution in [3.05, 3.63) is 27.7 Å². The van der Waals surface area contributed by atoms with Gasteiger partial charge in [0.15, 0.2) is 0 Å². The number of anilines is 1. The third-order valence-electron chi connectivity index (χ3n) is 2.43. The van der Waals surface area contributed by atoms with Crippen LogP contribution in [0.1, 0.15) is 10.4 Å². The van der Waals surface area contributed by atoms with E-state index in [1.807, 2.05) is 0 Å². The number of carbonyl (C=O) groups excluding carboxylic acids is 1. The second-order valence-electron chi connectivity index (χ2n) is 4.22. The fourth-order valence-electron chi connectivity index (χ4n) is 1.38. The van der Waals surface area contributed by atoms with Gasteiger partial charge in [-0.3, -0.25) is 4.79 Å². The van der Waals surface area contributed by atoms with Crippen LogP contribution in [0.2, 0.25) is 10.0 Å². The lowest BCUT2D eigenvalue weighted by molar-refractivity contribution is 0.0803. The van der Waals surface area contributed by atoms with Gasteiger partial charge in [-0.25, -0.2) is 8.42 Å². The molecule has 0 saturated carbocycles. The molecule has 0 fully saturated rings. The van der Waals surface area contributed by atoms with Crippen LogP contribution >= 0.6 is 23.2 Å². The molecular formula is C11H14Cl2N2O3S. The number of amides is 1. The maximum absolute atomic E-state index is 12.1. The molecule has 0 aliphatic carbocycles. The minimum absolute atomic E-state index is 0.0699. The second kappa shape index (κ2) is 5.98. The fourth-order valence-corrected chi connectivity index (χ4v) is 2.40. The van der Waals surface area contributed by atoms with Gasteiger partial charge in [-0.1, -0.05) is 23.2 Å². The normalized spacial score (nSPS) is 11.4. The first kappa shape index (κ1) is 16.1. The Morgan fingerprint density at radius 2 is 1.95 bits per heavy atom. The minimum Gasteiger partial charge on any atom is -0.399 e. The molecule has 0 aliphatic rings. The number of hydrogen-bond donors (Lipinski definition) is 1. The molecule has 0 saturated heterocycles. The zero-order valence-electron chi connectivity index (χ0n) is 10.5. The van der Waals surface area contributed by atoms with E-state index < -0.39 is 15.7 Å². The van der Waals surface area contributed by atoms with Crippen LogP contribution in [0, 0.1) is 0 Å². The van der Waals surface area contributed by atoms with E-state index in [4.69, 9.17) is 28.9 Å². The van der Waals surface area contributed by atoms with Gasteiger partial charge in [0.05, 0.1) is 21.4 Å². The molecule has 0 aliphatic heterocycles. The molecule has 1 rings (SSSR count). The van der Waals surface area contributed by atoms with Gasteiger partial charge in [-0.2, -0.15) is 0 Å². The molecule has 0 radical (unpaired) electrons. The Balaban J connectivity index is 2.94. The summed E-state index contributed by atoms with van der Waals surface area (Å²) in [5, 5.41) is 0.286. The predicted octanol–water partition coefficient (Wildman–Crippen LogP) is 1.69. The van der Waals surface area contributed by atoms with Gasteiger partial charge in [0, 0.05) is 25.5 Å². The van der Waals surface area contributed by atoms with Crippen molar-refractivity contribution in [1.29, 1.82) is 0 Å². The van der Waals surface area contributed by atoms with Crippen molar-refractivity contribution in [2.75, 3.05) is 31.3 Å². The van der Waals surface area contributed by atoms with Crippen LogP contribution in [0.25, 0.3) is 0 Å². The average Bonchev–Trinajstić information content (AvgIpc) is 2.28. The standard InChI is InChI=1S/C11H14Cl2N2O3S/c1-15(3-4-19(2,17)18)11(16)8-5-7(14)6-9(12)10(8)13/h5-6H,3-4,14H2,1-2H3. The van der Waals surface area contributed by atoms with Crippen molar-refractivity contribution in [1.82, 2.24) is 4.90 Å². The van der Waals surface area contributed by atoms with Gasteiger partial charge >= 0.3 is 0 Å². The maximum Gasteiger partial charge on any atom is 0.255 e. The topological polar surface area (TPSA) is 80.5 Å². The summed E-state index contributed by atoms with van der Waals surface area (Å²) in [6.45, 7) is 0.0699. The summed E-state index contributed by atoms with van der Waals surface area (Å²) in [5.74, 6) is -0.550. The molecule has 2 N–H and O–H groups in total. The number of carbonyl (C=O) groups is 1. The van der Waals surface area contributed by atoms with E-state index in [2.05, 4.69) is 0 Å². The molecule has 8 heteroatoms. The number of nitrogen functional groups attached to an aromatic ring is 1. The first-order valence-corrected chi connectivity index (χ1v) is 8.11. The number of nitrogens with two attached hydrogens (primary N) is 1. The van der Waals surface area contributed by atoms with Crippen LogP contribution in [0.3, 0.4) is 0 Å². The van der Waals surface area contributed by atoms with Crippen LogP contribution < -0.4 is 5.73 Å². The highest BCUT2D eigenvalue weighted by Gasteiger charge is 2.18. The highest BCUT2D eigenvalue weighted by Crippen LogP contribution is 2.29. The molecular weight excluding hydrogens is 311 g/mol. The molecule has 0 spiro atoms. The van der Waals surface area contributed by atoms with Gasteiger partial charge < -0.3 is 10.6 Å². The Labute approximate surface area is 122 Å². The number of benzene rings is 1. The molecule has 0 aromatic heterocycles. The maximum atomic E-state index is 12.1. The molecule has 1 aromatic rings. The summed E-state index contributed by atoms with van der Waals surface area (Å²) in [4.78, 5) is 13.4. The van der Waals surface area contributed by atoms with Crippen molar-refractivity contribution >= 4 is 44.6 Å². The lowest BCUT2D eigenvalue weighted by Gasteiger charge is -2.18. The fraction of sp³-hybridized carbons (Fsp3) is 0.364. The molecule has 0 heterocycles. The predicted molar refractivity (Wildman–Crippen MR) is 77.5 cm³/mol. The second-order valence-corrected chi connectivity index (χ2v) is 7.27. The van der Waals surface area contributed by atoms with Crippen molar-refractivity contribution in [2.45, 2.75) is 0 Å². The Bertz CT molecular complexity index is 602. The SMILES string of the molecule is CN(CCS(C)(=O)=O)C(=O)c1cc(N)cc(Cl)c1Cl. The summed E-state index contributed by atoms with van der Waals surface area (Å²) in [5.41, 5.74) is 6.07. The van der Waals surface area contributed by atoms with E-state index >= 15 is 0 Å². The van der Waals surface area contributed by atoms with Crippen molar-refractivity contribution in [2.24, 2.45) is 0 Å². The Morgan fingerprint density at radius 1 is 1.37 bits per heavy atom. The minimum atomic E-state index is -3.14. The monoisotopic (exact) mass is 324 g/mol. The molecule has 1 amide bonds. The largest absolute Gasteiger partial charge is 0.399 e. The molecule has 0 bridgehead atoms. The third-order valence-corrected chi connectivity index (χ3v) is 4.15.